The fourth-order valence-corrected chi connectivity index (χ4v) is 4.26. The standard InChI is InChI=1S/C24H27N3O4/c1-31-21-9-5-8-20(15-21)27-16-18(14-22(27)28)24(30)26-12-10-19(11-13-26)25-23(29)17-6-3-2-4-7-17/h2-9,15,18-19H,10-14,16H2,1H3,(H,25,29)/t18-/m0/s1. The Labute approximate surface area is 182 Å². The highest BCUT2D eigenvalue weighted by atomic mass is 16.5. The molecule has 162 valence electrons. The second kappa shape index (κ2) is 9.20. The van der Waals surface area contributed by atoms with Crippen molar-refractivity contribution in [2.75, 3.05) is 31.6 Å². The molecule has 31 heavy (non-hydrogen) atoms. The van der Waals surface area contributed by atoms with Crippen molar-refractivity contribution in [1.82, 2.24) is 10.2 Å². The number of hydrogen-bond acceptors (Lipinski definition) is 4. The maximum atomic E-state index is 13.0. The van der Waals surface area contributed by atoms with Crippen LogP contribution in [0.3, 0.4) is 0 Å². The first-order valence-corrected chi connectivity index (χ1v) is 10.6. The second-order valence-corrected chi connectivity index (χ2v) is 8.05. The van der Waals surface area contributed by atoms with Gasteiger partial charge in [-0.05, 0) is 37.1 Å². The van der Waals surface area contributed by atoms with E-state index in [2.05, 4.69) is 5.32 Å². The van der Waals surface area contributed by atoms with Crippen molar-refractivity contribution in [1.29, 1.82) is 0 Å². The quantitative estimate of drug-likeness (QED) is 0.805. The molecule has 0 aliphatic carbocycles. The minimum Gasteiger partial charge on any atom is -0.497 e. The molecule has 0 aromatic heterocycles. The minimum absolute atomic E-state index is 0.0200. The van der Waals surface area contributed by atoms with E-state index >= 15 is 0 Å². The van der Waals surface area contributed by atoms with E-state index in [-0.39, 0.29) is 36.1 Å². The van der Waals surface area contributed by atoms with Crippen LogP contribution in [-0.4, -0.2) is 55.4 Å². The number of amides is 3. The third-order valence-electron chi connectivity index (χ3n) is 6.02. The average molecular weight is 421 g/mol. The van der Waals surface area contributed by atoms with Crippen LogP contribution in [0.1, 0.15) is 29.6 Å². The first-order chi connectivity index (χ1) is 15.0. The zero-order valence-electron chi connectivity index (χ0n) is 17.6. The molecule has 0 radical (unpaired) electrons. The van der Waals surface area contributed by atoms with E-state index in [0.29, 0.717) is 43.8 Å². The van der Waals surface area contributed by atoms with Gasteiger partial charge in [-0.2, -0.15) is 0 Å². The minimum atomic E-state index is -0.339. The highest BCUT2D eigenvalue weighted by molar-refractivity contribution is 6.00. The van der Waals surface area contributed by atoms with Gasteiger partial charge in [0.2, 0.25) is 11.8 Å². The van der Waals surface area contributed by atoms with Gasteiger partial charge < -0.3 is 19.9 Å². The summed E-state index contributed by atoms with van der Waals surface area (Å²) in [6.07, 6.45) is 1.65. The maximum Gasteiger partial charge on any atom is 0.251 e. The van der Waals surface area contributed by atoms with Gasteiger partial charge in [0, 0.05) is 49.4 Å². The molecule has 2 fully saturated rings. The summed E-state index contributed by atoms with van der Waals surface area (Å²) in [6, 6.07) is 16.5. The first-order valence-electron chi connectivity index (χ1n) is 10.6. The van der Waals surface area contributed by atoms with Crippen LogP contribution in [-0.2, 0) is 9.59 Å². The topological polar surface area (TPSA) is 79.0 Å². The van der Waals surface area contributed by atoms with Gasteiger partial charge in [-0.25, -0.2) is 0 Å². The normalized spacial score (nSPS) is 19.4. The number of rotatable bonds is 5. The molecule has 0 spiro atoms. The first kappa shape index (κ1) is 20.9. The summed E-state index contributed by atoms with van der Waals surface area (Å²) in [6.45, 7) is 1.56. The van der Waals surface area contributed by atoms with Gasteiger partial charge in [-0.15, -0.1) is 0 Å². The van der Waals surface area contributed by atoms with E-state index in [1.807, 2.05) is 47.4 Å². The Bertz CT molecular complexity index is 954. The molecule has 2 aliphatic heterocycles. The monoisotopic (exact) mass is 421 g/mol. The van der Waals surface area contributed by atoms with E-state index in [4.69, 9.17) is 4.74 Å². The van der Waals surface area contributed by atoms with Crippen molar-refractivity contribution in [3.8, 4) is 5.75 Å². The Morgan fingerprint density at radius 1 is 1.03 bits per heavy atom. The number of hydrogen-bond donors (Lipinski definition) is 1. The fraction of sp³-hybridized carbons (Fsp3) is 0.375. The molecule has 2 aromatic rings. The lowest BCUT2D eigenvalue weighted by Gasteiger charge is -2.33. The van der Waals surface area contributed by atoms with Gasteiger partial charge in [0.05, 0.1) is 13.0 Å². The lowest BCUT2D eigenvalue weighted by molar-refractivity contribution is -0.136. The molecule has 7 heteroatoms. The van der Waals surface area contributed by atoms with E-state index in [9.17, 15) is 14.4 Å². The summed E-state index contributed by atoms with van der Waals surface area (Å²) in [5.41, 5.74) is 1.39. The molecular weight excluding hydrogens is 394 g/mol. The van der Waals surface area contributed by atoms with Gasteiger partial charge in [0.25, 0.3) is 5.91 Å². The number of likely N-dealkylation sites (tertiary alicyclic amines) is 1. The summed E-state index contributed by atoms with van der Waals surface area (Å²) >= 11 is 0. The summed E-state index contributed by atoms with van der Waals surface area (Å²) in [7, 11) is 1.59. The van der Waals surface area contributed by atoms with E-state index in [1.54, 1.807) is 24.1 Å². The molecule has 2 aromatic carbocycles. The second-order valence-electron chi connectivity index (χ2n) is 8.05. The van der Waals surface area contributed by atoms with Crippen molar-refractivity contribution in [3.05, 3.63) is 60.2 Å². The molecule has 1 atom stereocenters. The van der Waals surface area contributed by atoms with Gasteiger partial charge in [-0.3, -0.25) is 14.4 Å². The Morgan fingerprint density at radius 2 is 1.77 bits per heavy atom. The van der Waals surface area contributed by atoms with Crippen molar-refractivity contribution < 1.29 is 19.1 Å². The number of nitrogens with zero attached hydrogens (tertiary/aromatic N) is 2. The molecule has 2 saturated heterocycles. The molecule has 2 heterocycles. The van der Waals surface area contributed by atoms with Gasteiger partial charge >= 0.3 is 0 Å². The predicted octanol–water partition coefficient (Wildman–Crippen LogP) is 2.47. The molecular formula is C24H27N3O4. The van der Waals surface area contributed by atoms with Crippen LogP contribution in [0.4, 0.5) is 5.69 Å². The predicted molar refractivity (Wildman–Crippen MR) is 117 cm³/mol. The Kier molecular flexibility index (Phi) is 6.21. The van der Waals surface area contributed by atoms with Gasteiger partial charge in [0.1, 0.15) is 5.75 Å². The number of methoxy groups -OCH3 is 1. The highest BCUT2D eigenvalue weighted by Gasteiger charge is 2.38. The molecule has 2 aliphatic rings. The molecule has 7 nitrogen and oxygen atoms in total. The van der Waals surface area contributed by atoms with Crippen LogP contribution in [0.15, 0.2) is 54.6 Å². The number of benzene rings is 2. The number of piperidine rings is 1. The van der Waals surface area contributed by atoms with Crippen molar-refractivity contribution in [2.45, 2.75) is 25.3 Å². The molecule has 4 rings (SSSR count). The summed E-state index contributed by atoms with van der Waals surface area (Å²) in [4.78, 5) is 41.4. The van der Waals surface area contributed by atoms with Crippen LogP contribution < -0.4 is 15.0 Å². The summed E-state index contributed by atoms with van der Waals surface area (Å²) in [5, 5.41) is 3.06. The fourth-order valence-electron chi connectivity index (χ4n) is 4.26. The Hall–Kier alpha value is -3.35. The van der Waals surface area contributed by atoms with Crippen molar-refractivity contribution in [3.63, 3.8) is 0 Å². The Morgan fingerprint density at radius 3 is 2.48 bits per heavy atom. The molecule has 0 bridgehead atoms. The van der Waals surface area contributed by atoms with Crippen molar-refractivity contribution >= 4 is 23.4 Å². The van der Waals surface area contributed by atoms with Crippen LogP contribution in [0, 0.1) is 5.92 Å². The SMILES string of the molecule is COc1cccc(N2C[C@@H](C(=O)N3CCC(NC(=O)c4ccccc4)CC3)CC2=O)c1. The van der Waals surface area contributed by atoms with E-state index in [0.717, 1.165) is 5.69 Å². The lowest BCUT2D eigenvalue weighted by Crippen LogP contribution is -2.48. The number of nitrogens with one attached hydrogen (secondary N) is 1. The Balaban J connectivity index is 1.30. The third kappa shape index (κ3) is 4.71. The number of ether oxygens (including phenoxy) is 1. The van der Waals surface area contributed by atoms with E-state index < -0.39 is 0 Å². The largest absolute Gasteiger partial charge is 0.497 e. The van der Waals surface area contributed by atoms with Crippen LogP contribution in [0.5, 0.6) is 5.75 Å². The van der Waals surface area contributed by atoms with Gasteiger partial charge in [0.15, 0.2) is 0 Å². The summed E-state index contributed by atoms with van der Waals surface area (Å²) < 4.78 is 5.24. The average Bonchev–Trinajstić information content (AvgIpc) is 3.21. The number of carbonyl (C=O) groups is 3. The number of anilines is 1. The van der Waals surface area contributed by atoms with Crippen LogP contribution in [0.25, 0.3) is 0 Å². The van der Waals surface area contributed by atoms with Gasteiger partial charge in [-0.1, -0.05) is 24.3 Å². The zero-order chi connectivity index (χ0) is 21.8. The summed E-state index contributed by atoms with van der Waals surface area (Å²) in [5.74, 6) is 0.234. The molecule has 3 amide bonds. The van der Waals surface area contributed by atoms with Crippen LogP contribution >= 0.6 is 0 Å². The smallest absolute Gasteiger partial charge is 0.251 e. The van der Waals surface area contributed by atoms with Crippen LogP contribution in [0.2, 0.25) is 0 Å². The maximum absolute atomic E-state index is 13.0. The molecule has 1 N–H and O–H groups in total. The lowest BCUT2D eigenvalue weighted by atomic mass is 10.0. The van der Waals surface area contributed by atoms with Crippen molar-refractivity contribution in [2.24, 2.45) is 5.92 Å². The third-order valence-corrected chi connectivity index (χ3v) is 6.02. The highest BCUT2D eigenvalue weighted by Crippen LogP contribution is 2.29. The zero-order valence-corrected chi connectivity index (χ0v) is 17.6. The number of carbonyl (C=O) groups excluding carboxylic acids is 3. The molecule has 0 unspecified atom stereocenters. The van der Waals surface area contributed by atoms with E-state index in [1.165, 1.54) is 0 Å². The molecule has 0 saturated carbocycles.